The lowest BCUT2D eigenvalue weighted by atomic mass is 10.0. The molecule has 2 rings (SSSR count). The van der Waals surface area contributed by atoms with Crippen LogP contribution in [-0.4, -0.2) is 17.7 Å². The van der Waals surface area contributed by atoms with E-state index >= 15 is 0 Å². The average molecular weight is 272 g/mol. The van der Waals surface area contributed by atoms with E-state index in [-0.39, 0.29) is 0 Å². The molecule has 1 saturated heterocycles. The molecule has 0 amide bonds. The third kappa shape index (κ3) is 3.32. The molecule has 0 bridgehead atoms. The molecule has 1 aromatic carbocycles. The first-order valence-corrected chi connectivity index (χ1v) is 10.7. The van der Waals surface area contributed by atoms with Gasteiger partial charge in [0.1, 0.15) is 0 Å². The second-order valence-corrected chi connectivity index (χ2v) is 12.8. The lowest BCUT2D eigenvalue weighted by Gasteiger charge is -2.24. The van der Waals surface area contributed by atoms with Crippen molar-refractivity contribution in [2.75, 3.05) is 17.7 Å². The molecular weight excluding hydrogens is 255 g/mol. The van der Waals surface area contributed by atoms with Crippen molar-refractivity contribution >= 4 is 28.3 Å². The van der Waals surface area contributed by atoms with Gasteiger partial charge in [-0.2, -0.15) is 0 Å². The van der Waals surface area contributed by atoms with E-state index < -0.39 is 5.55 Å². The fourth-order valence-corrected chi connectivity index (χ4v) is 10.9. The Morgan fingerprint density at radius 3 is 2.50 bits per heavy atom. The molecule has 16 heavy (non-hydrogen) atoms. The largest absolute Gasteiger partial charge is 0.300 e. The molecule has 1 aliphatic heterocycles. The third-order valence-electron chi connectivity index (χ3n) is 2.73. The summed E-state index contributed by atoms with van der Waals surface area (Å²) in [6.07, 6.45) is 2.05. The Hall–Kier alpha value is 0.150. The minimum absolute atomic E-state index is 0.408. The highest BCUT2D eigenvalue weighted by Gasteiger charge is 2.29. The lowest BCUT2D eigenvalue weighted by molar-refractivity contribution is 0.590. The molecule has 0 aliphatic carbocycles. The predicted octanol–water partition coefficient (Wildman–Crippen LogP) is 4.85. The van der Waals surface area contributed by atoms with Gasteiger partial charge >= 0.3 is 0 Å². The van der Waals surface area contributed by atoms with Crippen molar-refractivity contribution in [3.8, 4) is 0 Å². The smallest absolute Gasteiger partial charge is 0.191 e. The Kier molecular flexibility index (Phi) is 4.46. The van der Waals surface area contributed by atoms with Crippen molar-refractivity contribution in [2.24, 2.45) is 0 Å². The van der Waals surface area contributed by atoms with Gasteiger partial charge in [0.05, 0.1) is 0 Å². The van der Waals surface area contributed by atoms with Crippen LogP contribution in [-0.2, 0) is 4.57 Å². The molecule has 1 aliphatic rings. The van der Waals surface area contributed by atoms with Gasteiger partial charge in [0.25, 0.3) is 0 Å². The fourth-order valence-electron chi connectivity index (χ4n) is 1.83. The zero-order chi connectivity index (χ0) is 11.4. The Morgan fingerprint density at radius 2 is 1.88 bits per heavy atom. The summed E-state index contributed by atoms with van der Waals surface area (Å²) in [5.41, 5.74) is -0.692. The van der Waals surface area contributed by atoms with Crippen LogP contribution in [0.15, 0.2) is 30.3 Å². The number of rotatable bonds is 3. The standard InChI is InChI=1S/C12H17OPS2/c1-11(12-6-3-2-4-7-12)10-14(13)15-8-5-9-16-14/h2-4,6-7,11H,5,8-10H2,1H3. The van der Waals surface area contributed by atoms with Crippen LogP contribution in [0.5, 0.6) is 0 Å². The first-order valence-electron chi connectivity index (χ1n) is 5.63. The van der Waals surface area contributed by atoms with Crippen molar-refractivity contribution < 1.29 is 4.57 Å². The summed E-state index contributed by atoms with van der Waals surface area (Å²) in [6, 6.07) is 10.4. The van der Waals surface area contributed by atoms with Gasteiger partial charge in [0, 0.05) is 17.7 Å². The van der Waals surface area contributed by atoms with E-state index in [1.807, 2.05) is 6.07 Å². The van der Waals surface area contributed by atoms with Crippen LogP contribution in [0.4, 0.5) is 0 Å². The van der Waals surface area contributed by atoms with Crippen LogP contribution in [0, 0.1) is 0 Å². The van der Waals surface area contributed by atoms with Crippen LogP contribution < -0.4 is 0 Å². The van der Waals surface area contributed by atoms with E-state index in [0.29, 0.717) is 5.92 Å². The van der Waals surface area contributed by atoms with E-state index in [4.69, 9.17) is 0 Å². The Labute approximate surface area is 106 Å². The topological polar surface area (TPSA) is 17.1 Å². The summed E-state index contributed by atoms with van der Waals surface area (Å²) in [5, 5.41) is 0. The van der Waals surface area contributed by atoms with Gasteiger partial charge in [-0.1, -0.05) is 60.0 Å². The Balaban J connectivity index is 2.01. The van der Waals surface area contributed by atoms with Gasteiger partial charge in [-0.3, -0.25) is 0 Å². The first-order chi connectivity index (χ1) is 7.70. The lowest BCUT2D eigenvalue weighted by Crippen LogP contribution is -2.01. The maximum absolute atomic E-state index is 12.5. The van der Waals surface area contributed by atoms with Gasteiger partial charge in [-0.15, -0.1) is 0 Å². The maximum atomic E-state index is 12.5. The molecule has 0 N–H and O–H groups in total. The van der Waals surface area contributed by atoms with Crippen LogP contribution in [0.2, 0.25) is 0 Å². The molecular formula is C12H17OPS2. The summed E-state index contributed by atoms with van der Waals surface area (Å²) in [5.74, 6) is 2.56. The van der Waals surface area contributed by atoms with Crippen LogP contribution in [0.25, 0.3) is 0 Å². The van der Waals surface area contributed by atoms with Crippen molar-refractivity contribution in [2.45, 2.75) is 19.3 Å². The minimum atomic E-state index is -2.00. The summed E-state index contributed by atoms with van der Waals surface area (Å²) in [7, 11) is 0. The Morgan fingerprint density at radius 1 is 1.25 bits per heavy atom. The number of benzene rings is 1. The van der Waals surface area contributed by atoms with Crippen LogP contribution in [0.3, 0.4) is 0 Å². The first kappa shape index (κ1) is 12.6. The van der Waals surface area contributed by atoms with Gasteiger partial charge < -0.3 is 4.57 Å². The molecule has 4 heteroatoms. The summed E-state index contributed by atoms with van der Waals surface area (Å²) in [4.78, 5) is 0. The van der Waals surface area contributed by atoms with E-state index in [1.54, 1.807) is 22.8 Å². The molecule has 0 radical (unpaired) electrons. The number of hydrogen-bond donors (Lipinski definition) is 0. The zero-order valence-corrected chi connectivity index (χ0v) is 12.0. The van der Waals surface area contributed by atoms with E-state index in [0.717, 1.165) is 17.7 Å². The maximum Gasteiger partial charge on any atom is 0.191 e. The highest BCUT2D eigenvalue weighted by molar-refractivity contribution is 8.90. The fraction of sp³-hybridized carbons (Fsp3) is 0.500. The van der Waals surface area contributed by atoms with Gasteiger partial charge in [0.2, 0.25) is 0 Å². The monoisotopic (exact) mass is 272 g/mol. The van der Waals surface area contributed by atoms with E-state index in [2.05, 4.69) is 31.2 Å². The quantitative estimate of drug-likeness (QED) is 0.732. The second kappa shape index (κ2) is 5.66. The zero-order valence-electron chi connectivity index (χ0n) is 9.46. The van der Waals surface area contributed by atoms with E-state index in [1.165, 1.54) is 12.0 Å². The molecule has 0 spiro atoms. The summed E-state index contributed by atoms with van der Waals surface area (Å²) >= 11 is 3.41. The molecule has 88 valence electrons. The predicted molar refractivity (Wildman–Crippen MR) is 76.9 cm³/mol. The molecule has 0 aromatic heterocycles. The molecule has 1 unspecified atom stereocenters. The third-order valence-corrected chi connectivity index (χ3v) is 11.7. The van der Waals surface area contributed by atoms with Gasteiger partial charge in [-0.05, 0) is 17.9 Å². The van der Waals surface area contributed by atoms with Gasteiger partial charge in [-0.25, -0.2) is 0 Å². The van der Waals surface area contributed by atoms with Crippen molar-refractivity contribution in [1.29, 1.82) is 0 Å². The Bertz CT molecular complexity index is 370. The van der Waals surface area contributed by atoms with Crippen molar-refractivity contribution in [1.82, 2.24) is 0 Å². The molecule has 1 heterocycles. The molecule has 1 fully saturated rings. The minimum Gasteiger partial charge on any atom is -0.300 e. The number of hydrogen-bond acceptors (Lipinski definition) is 3. The van der Waals surface area contributed by atoms with Gasteiger partial charge in [0.15, 0.2) is 5.55 Å². The molecule has 0 saturated carbocycles. The van der Waals surface area contributed by atoms with Crippen molar-refractivity contribution in [3.63, 3.8) is 0 Å². The van der Waals surface area contributed by atoms with Crippen molar-refractivity contribution in [3.05, 3.63) is 35.9 Å². The second-order valence-electron chi connectivity index (χ2n) is 4.13. The molecule has 1 nitrogen and oxygen atoms in total. The average Bonchev–Trinajstić information content (AvgIpc) is 2.30. The normalized spacial score (nSPS) is 21.6. The van der Waals surface area contributed by atoms with E-state index in [9.17, 15) is 4.57 Å². The molecule has 1 atom stereocenters. The highest BCUT2D eigenvalue weighted by Crippen LogP contribution is 2.72. The summed E-state index contributed by atoms with van der Waals surface area (Å²) < 4.78 is 12.5. The summed E-state index contributed by atoms with van der Waals surface area (Å²) in [6.45, 7) is 2.19. The SMILES string of the molecule is CC(CP1(=O)SCCCS1)c1ccccc1. The van der Waals surface area contributed by atoms with Crippen LogP contribution >= 0.6 is 28.3 Å². The molecule has 1 aromatic rings. The van der Waals surface area contributed by atoms with Crippen LogP contribution in [0.1, 0.15) is 24.8 Å². The highest BCUT2D eigenvalue weighted by atomic mass is 33.1.